The molecule has 11 N–H and O–H groups in total. The molecule has 1 aliphatic heterocycles. The molecule has 54 heavy (non-hydrogen) atoms. The van der Waals surface area contributed by atoms with Gasteiger partial charge in [-0.05, 0) is 75.2 Å². The van der Waals surface area contributed by atoms with Gasteiger partial charge in [-0.2, -0.15) is 0 Å². The van der Waals surface area contributed by atoms with Crippen molar-refractivity contribution in [3.05, 3.63) is 46.2 Å². The predicted molar refractivity (Wildman–Crippen MR) is 218 cm³/mol. The van der Waals surface area contributed by atoms with E-state index in [2.05, 4.69) is 69.2 Å². The zero-order chi connectivity index (χ0) is 39.8. The number of piperidine rings is 1. The molecule has 0 aliphatic carbocycles. The predicted octanol–water partition coefficient (Wildman–Crippen LogP) is 1.49. The summed E-state index contributed by atoms with van der Waals surface area (Å²) in [5.41, 5.74) is 13.9. The fraction of sp³-hybridized carbons (Fsp3) is 0.676. The highest BCUT2D eigenvalue weighted by Crippen LogP contribution is 2.28. The van der Waals surface area contributed by atoms with Gasteiger partial charge in [-0.25, -0.2) is 9.97 Å². The Balaban J connectivity index is 1.53. The molecule has 17 heteroatoms. The fourth-order valence-corrected chi connectivity index (χ4v) is 8.06. The van der Waals surface area contributed by atoms with E-state index in [-0.39, 0.29) is 51.3 Å². The average molecular weight is 891 g/mol. The standard InChI is InChI=1S/C37H60ClIN8O7/c1-3-4-5-8-13-46(21-27(49)32(52)33(53)28(50)22-48)14-12-30(51)47-15-11-24(17-29(47)39)18-42-19-25(16-26-10-7-6-9-23(26)2)20-43-37(54)31-35(40)45-36(41)34(38)44-31/h6-7,9-10,24-25,27-29,32-33,42,48-50,52-53H,3-5,8,11-22H2,1-2H3,(H,43,54)(H4,40,41,45)/t24?,25?,27-,28+,29?,32+,33+/m0/s1. The van der Waals surface area contributed by atoms with Crippen LogP contribution < -0.4 is 22.1 Å². The first-order valence-corrected chi connectivity index (χ1v) is 20.5. The maximum absolute atomic E-state index is 13.4. The minimum absolute atomic E-state index is 0.0107. The number of aliphatic hydroxyl groups excluding tert-OH is 5. The van der Waals surface area contributed by atoms with Crippen LogP contribution in [0.1, 0.15) is 73.5 Å². The Hall–Kier alpha value is -2.42. The zero-order valence-corrected chi connectivity index (χ0v) is 34.3. The van der Waals surface area contributed by atoms with E-state index in [9.17, 15) is 30.0 Å². The van der Waals surface area contributed by atoms with Crippen LogP contribution in [0.4, 0.5) is 11.6 Å². The van der Waals surface area contributed by atoms with Gasteiger partial charge in [-0.3, -0.25) is 9.59 Å². The number of amides is 2. The van der Waals surface area contributed by atoms with Crippen molar-refractivity contribution < 1.29 is 35.1 Å². The van der Waals surface area contributed by atoms with Gasteiger partial charge in [0, 0.05) is 32.6 Å². The quantitative estimate of drug-likeness (QED) is 0.0333. The van der Waals surface area contributed by atoms with E-state index in [1.54, 1.807) is 0 Å². The Labute approximate surface area is 337 Å². The molecule has 2 amide bonds. The van der Waals surface area contributed by atoms with Crippen LogP contribution in [-0.2, 0) is 11.2 Å². The Morgan fingerprint density at radius 3 is 2.44 bits per heavy atom. The molecule has 1 aliphatic rings. The first-order valence-electron chi connectivity index (χ1n) is 18.9. The maximum atomic E-state index is 13.4. The van der Waals surface area contributed by atoms with Gasteiger partial charge in [-0.1, -0.05) is 84.6 Å². The number of nitrogen functional groups attached to an aromatic ring is 2. The summed E-state index contributed by atoms with van der Waals surface area (Å²) in [5.74, 6) is -0.187. The number of anilines is 2. The molecule has 2 heterocycles. The number of hydrogen-bond donors (Lipinski definition) is 9. The molecule has 304 valence electrons. The molecule has 2 aromatic rings. The molecule has 7 atom stereocenters. The van der Waals surface area contributed by atoms with Crippen molar-refractivity contribution in [1.82, 2.24) is 30.4 Å². The second-order valence-corrected chi connectivity index (χ2v) is 16.1. The molecule has 1 saturated heterocycles. The molecule has 1 aromatic heterocycles. The van der Waals surface area contributed by atoms with Crippen LogP contribution in [0, 0.1) is 18.8 Å². The van der Waals surface area contributed by atoms with Gasteiger partial charge in [0.25, 0.3) is 5.91 Å². The van der Waals surface area contributed by atoms with Crippen LogP contribution in [0.5, 0.6) is 0 Å². The van der Waals surface area contributed by atoms with Crippen LogP contribution >= 0.6 is 34.2 Å². The maximum Gasteiger partial charge on any atom is 0.273 e. The minimum Gasteiger partial charge on any atom is -0.394 e. The van der Waals surface area contributed by atoms with Crippen molar-refractivity contribution in [2.24, 2.45) is 11.8 Å². The Morgan fingerprint density at radius 2 is 1.76 bits per heavy atom. The minimum atomic E-state index is -1.69. The number of nitrogens with one attached hydrogen (secondary N) is 2. The molecule has 0 bridgehead atoms. The number of likely N-dealkylation sites (tertiary alicyclic amines) is 1. The highest BCUT2D eigenvalue weighted by molar-refractivity contribution is 14.1. The lowest BCUT2D eigenvalue weighted by atomic mass is 9.94. The van der Waals surface area contributed by atoms with Gasteiger partial charge in [0.2, 0.25) is 5.91 Å². The van der Waals surface area contributed by atoms with Crippen LogP contribution in [-0.4, -0.2) is 138 Å². The van der Waals surface area contributed by atoms with Gasteiger partial charge in [-0.15, -0.1) is 0 Å². The third kappa shape index (κ3) is 14.6. The molecule has 3 rings (SSSR count). The van der Waals surface area contributed by atoms with Gasteiger partial charge >= 0.3 is 0 Å². The number of unbranched alkanes of at least 4 members (excludes halogenated alkanes) is 3. The monoisotopic (exact) mass is 890 g/mol. The van der Waals surface area contributed by atoms with Crippen LogP contribution in [0.15, 0.2) is 24.3 Å². The summed E-state index contributed by atoms with van der Waals surface area (Å²) in [5, 5.41) is 56.4. The molecule has 1 fully saturated rings. The number of rotatable bonds is 23. The highest BCUT2D eigenvalue weighted by Gasteiger charge is 2.33. The summed E-state index contributed by atoms with van der Waals surface area (Å²) in [6.45, 7) is 6.84. The number of nitrogens with two attached hydrogens (primary N) is 2. The number of halogens is 2. The number of nitrogens with zero attached hydrogens (tertiary/aromatic N) is 4. The average Bonchev–Trinajstić information content (AvgIpc) is 3.15. The van der Waals surface area contributed by atoms with Crippen LogP contribution in [0.25, 0.3) is 0 Å². The van der Waals surface area contributed by atoms with Gasteiger partial charge in [0.15, 0.2) is 22.5 Å². The summed E-state index contributed by atoms with van der Waals surface area (Å²) in [4.78, 5) is 38.2. The third-order valence-electron chi connectivity index (χ3n) is 10.0. The number of aromatic nitrogens is 2. The molecule has 0 saturated carbocycles. The molecule has 0 radical (unpaired) electrons. The summed E-state index contributed by atoms with van der Waals surface area (Å²) >= 11 is 8.33. The SMILES string of the molecule is CCCCCCN(CCC(=O)N1CCC(CNCC(CNC(=O)c2nc(Cl)c(N)nc2N)Cc2ccccc2C)CC1I)C[C@H](O)[C@@H](O)[C@H](O)[C@H](O)CO. The second-order valence-electron chi connectivity index (χ2n) is 14.3. The molecule has 0 spiro atoms. The van der Waals surface area contributed by atoms with Crippen molar-refractivity contribution in [2.75, 3.05) is 63.9 Å². The molecule has 3 unspecified atom stereocenters. The van der Waals surface area contributed by atoms with E-state index < -0.39 is 36.9 Å². The summed E-state index contributed by atoms with van der Waals surface area (Å²) in [7, 11) is 0. The van der Waals surface area contributed by atoms with Crippen LogP contribution in [0.3, 0.4) is 0 Å². The fourth-order valence-electron chi connectivity index (χ4n) is 6.63. The van der Waals surface area contributed by atoms with E-state index in [0.717, 1.165) is 51.5 Å². The lowest BCUT2D eigenvalue weighted by Gasteiger charge is -2.37. The van der Waals surface area contributed by atoms with Crippen molar-refractivity contribution in [2.45, 2.75) is 93.7 Å². The largest absolute Gasteiger partial charge is 0.394 e. The number of carbonyl (C=O) groups excluding carboxylic acids is 2. The molecule has 1 aromatic carbocycles. The Kier molecular flexibility index (Phi) is 20.1. The van der Waals surface area contributed by atoms with E-state index in [0.29, 0.717) is 38.6 Å². The normalized spacial score (nSPS) is 19.0. The Bertz CT molecular complexity index is 1470. The summed E-state index contributed by atoms with van der Waals surface area (Å²) < 4.78 is 0.0107. The molecular formula is C37H60ClIN8O7. The van der Waals surface area contributed by atoms with Crippen LogP contribution in [0.2, 0.25) is 5.15 Å². The number of aryl methyl sites for hydroxylation is 1. The lowest BCUT2D eigenvalue weighted by molar-refractivity contribution is -0.134. The molecule has 15 nitrogen and oxygen atoms in total. The van der Waals surface area contributed by atoms with E-state index in [4.69, 9.17) is 28.2 Å². The number of carbonyl (C=O) groups is 2. The van der Waals surface area contributed by atoms with E-state index >= 15 is 0 Å². The second kappa shape index (κ2) is 23.6. The number of hydrogen-bond acceptors (Lipinski definition) is 13. The van der Waals surface area contributed by atoms with E-state index in [1.807, 2.05) is 21.9 Å². The summed E-state index contributed by atoms with van der Waals surface area (Å²) in [6.07, 6.45) is 0.343. The number of alkyl halides is 1. The smallest absolute Gasteiger partial charge is 0.273 e. The Morgan fingerprint density at radius 1 is 1.04 bits per heavy atom. The number of aliphatic hydroxyl groups is 5. The lowest BCUT2D eigenvalue weighted by Crippen LogP contribution is -2.50. The molecular weight excluding hydrogens is 831 g/mol. The van der Waals surface area contributed by atoms with Gasteiger partial charge in [0.05, 0.1) is 16.8 Å². The number of benzene rings is 1. The third-order valence-corrected chi connectivity index (χ3v) is 11.5. The first-order chi connectivity index (χ1) is 25.7. The topological polar surface area (TPSA) is 244 Å². The van der Waals surface area contributed by atoms with Crippen molar-refractivity contribution >= 4 is 57.6 Å². The zero-order valence-electron chi connectivity index (χ0n) is 31.4. The van der Waals surface area contributed by atoms with Crippen molar-refractivity contribution in [3.63, 3.8) is 0 Å². The van der Waals surface area contributed by atoms with Crippen molar-refractivity contribution in [3.8, 4) is 0 Å². The van der Waals surface area contributed by atoms with Gasteiger partial charge < -0.3 is 57.4 Å². The first kappa shape index (κ1) is 46.0. The van der Waals surface area contributed by atoms with Gasteiger partial charge in [0.1, 0.15) is 18.3 Å². The van der Waals surface area contributed by atoms with E-state index in [1.165, 1.54) is 11.1 Å². The summed E-state index contributed by atoms with van der Waals surface area (Å²) in [6, 6.07) is 8.16. The highest BCUT2D eigenvalue weighted by atomic mass is 127. The van der Waals surface area contributed by atoms with Crippen molar-refractivity contribution in [1.29, 1.82) is 0 Å².